The van der Waals surface area contributed by atoms with E-state index in [1.165, 1.54) is 24.3 Å². The van der Waals surface area contributed by atoms with E-state index in [2.05, 4.69) is 47.0 Å². The van der Waals surface area contributed by atoms with Gasteiger partial charge in [0.25, 0.3) is 11.8 Å². The maximum absolute atomic E-state index is 14.0. The highest BCUT2D eigenvalue weighted by molar-refractivity contribution is 7.91. The molecule has 0 atom stereocenters. The molecule has 10 nitrogen and oxygen atoms in total. The molecule has 2 aliphatic carbocycles. The summed E-state index contributed by atoms with van der Waals surface area (Å²) in [5.74, 6) is -0.860. The first-order chi connectivity index (χ1) is 29.8. The van der Waals surface area contributed by atoms with E-state index in [9.17, 15) is 18.0 Å². The average molecular weight is 809 g/mol. The molecule has 0 bridgehead atoms. The molecule has 0 spiro atoms. The molecule has 288 valence electrons. The van der Waals surface area contributed by atoms with Gasteiger partial charge in [0.2, 0.25) is 9.84 Å². The van der Waals surface area contributed by atoms with Crippen LogP contribution in [0.25, 0.3) is 88.6 Å². The lowest BCUT2D eigenvalue weighted by molar-refractivity contribution is 0.101. The third-order valence-electron chi connectivity index (χ3n) is 11.5. The summed E-state index contributed by atoms with van der Waals surface area (Å²) in [6.07, 6.45) is 0. The van der Waals surface area contributed by atoms with E-state index in [0.29, 0.717) is 44.6 Å². The van der Waals surface area contributed by atoms with Crippen molar-refractivity contribution in [3.05, 3.63) is 169 Å². The summed E-state index contributed by atoms with van der Waals surface area (Å²) >= 11 is 0. The highest BCUT2D eigenvalue weighted by Gasteiger charge is 2.27. The molecule has 0 saturated carbocycles. The number of anilines is 2. The number of rotatable bonds is 6. The van der Waals surface area contributed by atoms with Gasteiger partial charge in [-0.05, 0) is 83.6 Å². The van der Waals surface area contributed by atoms with Crippen molar-refractivity contribution in [1.29, 1.82) is 0 Å². The van der Waals surface area contributed by atoms with Crippen molar-refractivity contribution in [2.75, 3.05) is 10.6 Å². The van der Waals surface area contributed by atoms with E-state index in [0.717, 1.165) is 66.6 Å². The smallest absolute Gasteiger partial charge is 0.255 e. The van der Waals surface area contributed by atoms with Crippen LogP contribution in [0.1, 0.15) is 20.7 Å². The van der Waals surface area contributed by atoms with E-state index in [1.807, 2.05) is 36.4 Å². The highest BCUT2D eigenvalue weighted by Crippen LogP contribution is 2.47. The van der Waals surface area contributed by atoms with Gasteiger partial charge < -0.3 is 10.6 Å². The first kappa shape index (κ1) is 34.9. The van der Waals surface area contributed by atoms with Crippen LogP contribution in [0.2, 0.25) is 0 Å². The number of aromatic nitrogens is 4. The van der Waals surface area contributed by atoms with E-state index in [4.69, 9.17) is 19.9 Å². The van der Waals surface area contributed by atoms with Gasteiger partial charge in [-0.3, -0.25) is 9.59 Å². The molecule has 0 unspecified atom stereocenters. The second kappa shape index (κ2) is 12.9. The third kappa shape index (κ3) is 5.44. The molecule has 0 radical (unpaired) electrons. The van der Waals surface area contributed by atoms with Gasteiger partial charge in [0.05, 0.1) is 54.6 Å². The molecular formula is C50H28N6O4S. The molecule has 8 aromatic carbocycles. The zero-order valence-corrected chi connectivity index (χ0v) is 32.7. The average Bonchev–Trinajstić information content (AvgIpc) is 3.77. The van der Waals surface area contributed by atoms with Gasteiger partial charge in [-0.25, -0.2) is 28.4 Å². The molecule has 10 aromatic rings. The van der Waals surface area contributed by atoms with Crippen LogP contribution in [0.15, 0.2) is 168 Å². The second-order valence-electron chi connectivity index (χ2n) is 15.1. The minimum Gasteiger partial charge on any atom is -0.322 e. The minimum atomic E-state index is -4.07. The van der Waals surface area contributed by atoms with Crippen molar-refractivity contribution in [1.82, 2.24) is 19.9 Å². The van der Waals surface area contributed by atoms with Crippen molar-refractivity contribution in [3.63, 3.8) is 0 Å². The van der Waals surface area contributed by atoms with Gasteiger partial charge in [0, 0.05) is 55.5 Å². The Morgan fingerprint density at radius 3 is 1.15 bits per heavy atom. The molecule has 2 aliphatic rings. The predicted molar refractivity (Wildman–Crippen MR) is 237 cm³/mol. The Balaban J connectivity index is 0.779. The first-order valence-corrected chi connectivity index (χ1v) is 21.0. The Morgan fingerprint density at radius 2 is 0.754 bits per heavy atom. The number of amides is 2. The fraction of sp³-hybridized carbons (Fsp3) is 0. The summed E-state index contributed by atoms with van der Waals surface area (Å²) in [6.45, 7) is 0. The maximum Gasteiger partial charge on any atom is 0.255 e. The Bertz CT molecular complexity index is 3490. The van der Waals surface area contributed by atoms with E-state index in [1.54, 1.807) is 60.7 Å². The number of carbonyl (C=O) groups is 2. The third-order valence-corrected chi connectivity index (χ3v) is 13.2. The molecule has 2 heterocycles. The van der Waals surface area contributed by atoms with Gasteiger partial charge in [0.1, 0.15) is 0 Å². The normalized spacial score (nSPS) is 12.2. The van der Waals surface area contributed by atoms with Crippen LogP contribution in [-0.4, -0.2) is 40.2 Å². The van der Waals surface area contributed by atoms with Crippen molar-refractivity contribution >= 4 is 76.6 Å². The maximum atomic E-state index is 14.0. The van der Waals surface area contributed by atoms with E-state index in [-0.39, 0.29) is 9.79 Å². The molecule has 2 aromatic heterocycles. The minimum absolute atomic E-state index is 0.0269. The fourth-order valence-corrected chi connectivity index (χ4v) is 9.99. The molecule has 12 rings (SSSR count). The molecule has 61 heavy (non-hydrogen) atoms. The van der Waals surface area contributed by atoms with Crippen LogP contribution in [0.4, 0.5) is 11.4 Å². The van der Waals surface area contributed by atoms with Gasteiger partial charge in [0.15, 0.2) is 0 Å². The zero-order chi connectivity index (χ0) is 41.0. The van der Waals surface area contributed by atoms with Gasteiger partial charge in [-0.1, -0.05) is 84.9 Å². The summed E-state index contributed by atoms with van der Waals surface area (Å²) in [4.78, 5) is 46.8. The molecule has 2 N–H and O–H groups in total. The molecule has 2 amide bonds. The Hall–Kier alpha value is -8.15. The van der Waals surface area contributed by atoms with Gasteiger partial charge in [-0.2, -0.15) is 0 Å². The zero-order valence-electron chi connectivity index (χ0n) is 31.8. The van der Waals surface area contributed by atoms with Crippen LogP contribution in [0.3, 0.4) is 0 Å². The number of carbonyl (C=O) groups excluding carboxylic acids is 2. The lowest BCUT2D eigenvalue weighted by Crippen LogP contribution is -2.13. The van der Waals surface area contributed by atoms with Crippen LogP contribution >= 0.6 is 0 Å². The molecule has 0 saturated heterocycles. The van der Waals surface area contributed by atoms with Crippen LogP contribution in [0.5, 0.6) is 0 Å². The topological polar surface area (TPSA) is 144 Å². The molecule has 0 fully saturated rings. The summed E-state index contributed by atoms with van der Waals surface area (Å²) < 4.78 is 27.9. The number of hydrogen-bond donors (Lipinski definition) is 2. The monoisotopic (exact) mass is 808 g/mol. The second-order valence-corrected chi connectivity index (χ2v) is 17.1. The number of benzene rings is 8. The van der Waals surface area contributed by atoms with Gasteiger partial charge >= 0.3 is 0 Å². The quantitative estimate of drug-likeness (QED) is 0.169. The summed E-state index contributed by atoms with van der Waals surface area (Å²) in [5.41, 5.74) is 11.0. The van der Waals surface area contributed by atoms with E-state index < -0.39 is 21.7 Å². The summed E-state index contributed by atoms with van der Waals surface area (Å²) in [7, 11) is -4.07. The lowest BCUT2D eigenvalue weighted by atomic mass is 10.0. The van der Waals surface area contributed by atoms with Crippen molar-refractivity contribution in [3.8, 4) is 45.0 Å². The van der Waals surface area contributed by atoms with E-state index >= 15 is 0 Å². The Kier molecular flexibility index (Phi) is 7.38. The molecule has 0 aliphatic heterocycles. The molecule has 11 heteroatoms. The number of fused-ring (bicyclic) bond motifs is 8. The Morgan fingerprint density at radius 1 is 0.393 bits per heavy atom. The predicted octanol–water partition coefficient (Wildman–Crippen LogP) is 10.5. The molecular weight excluding hydrogens is 781 g/mol. The first-order valence-electron chi connectivity index (χ1n) is 19.5. The number of sulfone groups is 1. The SMILES string of the molecule is O=C(Nc1cccc(S(=O)(=O)c2cccc(NC(=O)c3ccc4nc5c(nc4c3)-c3cccc4cccc-5c34)c2)c1)c1ccc2nc3c(nc2c1)-c1cccc2cccc-3c12. The fourth-order valence-electron chi connectivity index (χ4n) is 8.64. The Labute approximate surface area is 347 Å². The summed E-state index contributed by atoms with van der Waals surface area (Å²) in [6, 6.07) is 46.9. The number of nitrogens with one attached hydrogen (secondary N) is 2. The summed E-state index contributed by atoms with van der Waals surface area (Å²) in [5, 5.41) is 10.1. The van der Waals surface area contributed by atoms with Crippen molar-refractivity contribution < 1.29 is 18.0 Å². The van der Waals surface area contributed by atoms with Crippen molar-refractivity contribution in [2.45, 2.75) is 9.79 Å². The standard InChI is InChI=1S/C50H28N6O4S/c57-49(29-19-21-39-41(23-29)55-47-37-17-3-9-27-7-1-15-35(43(27)37)45(47)53-39)51-31-11-5-13-33(25-31)61(59,60)34-14-6-12-32(26-34)52-50(58)30-20-22-40-42(24-30)56-48-38-18-4-10-28-8-2-16-36(44(28)38)46(48)54-40/h1-26H,(H,51,57)(H,52,58). The van der Waals surface area contributed by atoms with Crippen LogP contribution in [0, 0.1) is 0 Å². The van der Waals surface area contributed by atoms with Crippen LogP contribution < -0.4 is 10.6 Å². The van der Waals surface area contributed by atoms with Gasteiger partial charge in [-0.15, -0.1) is 0 Å². The lowest BCUT2D eigenvalue weighted by Gasteiger charge is -2.11. The number of hydrogen-bond acceptors (Lipinski definition) is 8. The van der Waals surface area contributed by atoms with Crippen LogP contribution in [-0.2, 0) is 9.84 Å². The van der Waals surface area contributed by atoms with Crippen molar-refractivity contribution in [2.24, 2.45) is 0 Å². The number of nitrogens with zero attached hydrogens (tertiary/aromatic N) is 4. The highest BCUT2D eigenvalue weighted by atomic mass is 32.2. The largest absolute Gasteiger partial charge is 0.322 e.